The van der Waals surface area contributed by atoms with Crippen LogP contribution in [0.15, 0.2) is 69.6 Å². The molecule has 1 amide bonds. The zero-order valence-corrected chi connectivity index (χ0v) is 22.7. The fourth-order valence-electron chi connectivity index (χ4n) is 4.05. The largest absolute Gasteiger partial charge is 0.462 e. The SMILES string of the molecule is CCOC(=O)c1ccc2c(c1)NC(=O)C2=C(Nc1cc(Br)c(C(C)(C)N)c(Br)c1)c1ccccc1. The molecule has 1 aliphatic rings. The molecule has 4 N–H and O–H groups in total. The topological polar surface area (TPSA) is 93.4 Å². The standard InChI is InChI=1S/C27H25Br2N3O3/c1-4-35-26(34)16-10-11-18-21(12-16)32-25(33)22(18)24(15-8-6-5-7-9-15)31-17-13-19(28)23(20(29)14-17)27(2,3)30/h5-14,31H,4,30H2,1-3H3,(H,32,33). The molecule has 0 radical (unpaired) electrons. The third kappa shape index (κ3) is 5.19. The molecule has 180 valence electrons. The van der Waals surface area contributed by atoms with E-state index in [0.717, 1.165) is 25.8 Å². The van der Waals surface area contributed by atoms with Gasteiger partial charge in [0, 0.05) is 25.7 Å². The monoisotopic (exact) mass is 597 g/mol. The fraction of sp³-hybridized carbons (Fsp3) is 0.185. The second-order valence-corrected chi connectivity index (χ2v) is 10.4. The molecule has 0 atom stereocenters. The molecule has 6 nitrogen and oxygen atoms in total. The van der Waals surface area contributed by atoms with Crippen molar-refractivity contribution in [2.75, 3.05) is 17.2 Å². The van der Waals surface area contributed by atoms with Gasteiger partial charge in [0.25, 0.3) is 5.91 Å². The van der Waals surface area contributed by atoms with Gasteiger partial charge in [-0.05, 0) is 56.2 Å². The molecule has 1 heterocycles. The van der Waals surface area contributed by atoms with Gasteiger partial charge in [-0.1, -0.05) is 68.3 Å². The number of rotatable bonds is 6. The Morgan fingerprint density at radius 1 is 1.03 bits per heavy atom. The van der Waals surface area contributed by atoms with Crippen LogP contribution in [0.1, 0.15) is 47.8 Å². The summed E-state index contributed by atoms with van der Waals surface area (Å²) in [5.41, 5.74) is 11.1. The van der Waals surface area contributed by atoms with Crippen LogP contribution >= 0.6 is 31.9 Å². The Morgan fingerprint density at radius 2 is 1.69 bits per heavy atom. The fourth-order valence-corrected chi connectivity index (χ4v) is 6.26. The molecule has 3 aromatic rings. The van der Waals surface area contributed by atoms with Crippen LogP contribution in [0, 0.1) is 0 Å². The van der Waals surface area contributed by atoms with Gasteiger partial charge in [-0.25, -0.2) is 4.79 Å². The number of halogens is 2. The summed E-state index contributed by atoms with van der Waals surface area (Å²) in [6, 6.07) is 18.6. The van der Waals surface area contributed by atoms with Crippen LogP contribution in [0.3, 0.4) is 0 Å². The van der Waals surface area contributed by atoms with Gasteiger partial charge in [0.15, 0.2) is 0 Å². The Labute approximate surface area is 221 Å². The third-order valence-electron chi connectivity index (χ3n) is 5.54. The zero-order chi connectivity index (χ0) is 25.3. The molecule has 35 heavy (non-hydrogen) atoms. The number of ether oxygens (including phenoxy) is 1. The highest BCUT2D eigenvalue weighted by molar-refractivity contribution is 9.11. The lowest BCUT2D eigenvalue weighted by atomic mass is 9.95. The average Bonchev–Trinajstić information content (AvgIpc) is 3.11. The van der Waals surface area contributed by atoms with Gasteiger partial charge in [-0.2, -0.15) is 0 Å². The first-order valence-corrected chi connectivity index (χ1v) is 12.7. The van der Waals surface area contributed by atoms with Crippen molar-refractivity contribution in [3.63, 3.8) is 0 Å². The van der Waals surface area contributed by atoms with Gasteiger partial charge >= 0.3 is 5.97 Å². The summed E-state index contributed by atoms with van der Waals surface area (Å²) >= 11 is 7.29. The smallest absolute Gasteiger partial charge is 0.338 e. The highest BCUT2D eigenvalue weighted by Crippen LogP contribution is 2.40. The van der Waals surface area contributed by atoms with E-state index in [1.165, 1.54) is 0 Å². The number of fused-ring (bicyclic) bond motifs is 1. The highest BCUT2D eigenvalue weighted by atomic mass is 79.9. The number of anilines is 2. The van der Waals surface area contributed by atoms with E-state index in [9.17, 15) is 9.59 Å². The van der Waals surface area contributed by atoms with Crippen molar-refractivity contribution in [3.8, 4) is 0 Å². The van der Waals surface area contributed by atoms with E-state index in [-0.39, 0.29) is 12.5 Å². The maximum absolute atomic E-state index is 13.2. The normalized spacial score (nSPS) is 14.3. The molecule has 0 spiro atoms. The minimum atomic E-state index is -0.558. The molecule has 1 aliphatic heterocycles. The molecule has 0 aromatic heterocycles. The van der Waals surface area contributed by atoms with Gasteiger partial charge in [0.2, 0.25) is 0 Å². The second kappa shape index (κ2) is 9.97. The summed E-state index contributed by atoms with van der Waals surface area (Å²) < 4.78 is 6.78. The maximum Gasteiger partial charge on any atom is 0.338 e. The maximum atomic E-state index is 13.2. The van der Waals surface area contributed by atoms with Crippen molar-refractivity contribution >= 4 is 66.4 Å². The predicted octanol–water partition coefficient (Wildman–Crippen LogP) is 6.51. The van der Waals surface area contributed by atoms with Crippen molar-refractivity contribution in [3.05, 3.63) is 91.9 Å². The van der Waals surface area contributed by atoms with Crippen LogP contribution in [0.5, 0.6) is 0 Å². The Morgan fingerprint density at radius 3 is 2.29 bits per heavy atom. The van der Waals surface area contributed by atoms with Gasteiger partial charge in [-0.15, -0.1) is 0 Å². The van der Waals surface area contributed by atoms with Gasteiger partial charge in [-0.3, -0.25) is 4.79 Å². The van der Waals surface area contributed by atoms with E-state index in [1.54, 1.807) is 25.1 Å². The van der Waals surface area contributed by atoms with E-state index in [0.29, 0.717) is 28.1 Å². The summed E-state index contributed by atoms with van der Waals surface area (Å²) in [5, 5.41) is 6.35. The molecule has 8 heteroatoms. The molecular weight excluding hydrogens is 574 g/mol. The number of nitrogens with two attached hydrogens (primary N) is 1. The number of benzene rings is 3. The first-order chi connectivity index (χ1) is 16.6. The highest BCUT2D eigenvalue weighted by Gasteiger charge is 2.30. The minimum absolute atomic E-state index is 0.259. The van der Waals surface area contributed by atoms with Crippen molar-refractivity contribution in [2.24, 2.45) is 5.73 Å². The van der Waals surface area contributed by atoms with Crippen LogP contribution in [0.25, 0.3) is 11.3 Å². The van der Waals surface area contributed by atoms with Crippen LogP contribution in [0.2, 0.25) is 0 Å². The Bertz CT molecular complexity index is 1320. The number of nitrogens with one attached hydrogen (secondary N) is 2. The van der Waals surface area contributed by atoms with Crippen molar-refractivity contribution in [1.29, 1.82) is 0 Å². The lowest BCUT2D eigenvalue weighted by molar-refractivity contribution is -0.110. The van der Waals surface area contributed by atoms with Crippen molar-refractivity contribution < 1.29 is 14.3 Å². The molecule has 3 aromatic carbocycles. The van der Waals surface area contributed by atoms with Crippen LogP contribution in [0.4, 0.5) is 11.4 Å². The third-order valence-corrected chi connectivity index (χ3v) is 6.79. The lowest BCUT2D eigenvalue weighted by Gasteiger charge is -2.24. The van der Waals surface area contributed by atoms with E-state index < -0.39 is 11.5 Å². The van der Waals surface area contributed by atoms with Gasteiger partial charge < -0.3 is 21.1 Å². The van der Waals surface area contributed by atoms with E-state index in [2.05, 4.69) is 42.5 Å². The average molecular weight is 599 g/mol. The van der Waals surface area contributed by atoms with Crippen molar-refractivity contribution in [1.82, 2.24) is 0 Å². The Balaban J connectivity index is 1.85. The Hall–Kier alpha value is -2.94. The molecule has 4 rings (SSSR count). The number of carbonyl (C=O) groups is 2. The number of amides is 1. The zero-order valence-electron chi connectivity index (χ0n) is 19.5. The van der Waals surface area contributed by atoms with E-state index in [4.69, 9.17) is 10.5 Å². The summed E-state index contributed by atoms with van der Waals surface area (Å²) in [6.45, 7) is 5.91. The number of hydrogen-bond donors (Lipinski definition) is 3. The Kier molecular flexibility index (Phi) is 7.17. The second-order valence-electron chi connectivity index (χ2n) is 8.71. The summed E-state index contributed by atoms with van der Waals surface area (Å²) in [4.78, 5) is 25.4. The molecule has 0 saturated heterocycles. The molecule has 0 unspecified atom stereocenters. The summed E-state index contributed by atoms with van der Waals surface area (Å²) in [6.07, 6.45) is 0. The lowest BCUT2D eigenvalue weighted by Crippen LogP contribution is -2.29. The number of hydrogen-bond acceptors (Lipinski definition) is 5. The predicted molar refractivity (Wildman–Crippen MR) is 147 cm³/mol. The molecule has 0 saturated carbocycles. The van der Waals surface area contributed by atoms with Gasteiger partial charge in [0.1, 0.15) is 0 Å². The van der Waals surface area contributed by atoms with Crippen molar-refractivity contribution in [2.45, 2.75) is 26.3 Å². The molecule has 0 aliphatic carbocycles. The number of carbonyl (C=O) groups excluding carboxylic acids is 2. The molecule has 0 fully saturated rings. The van der Waals surface area contributed by atoms with Crippen LogP contribution in [-0.2, 0) is 15.1 Å². The quantitative estimate of drug-likeness (QED) is 0.222. The van der Waals surface area contributed by atoms with Crippen LogP contribution in [-0.4, -0.2) is 18.5 Å². The molecular formula is C27H25Br2N3O3. The number of esters is 1. The minimum Gasteiger partial charge on any atom is -0.462 e. The van der Waals surface area contributed by atoms with Crippen LogP contribution < -0.4 is 16.4 Å². The summed E-state index contributed by atoms with van der Waals surface area (Å²) in [7, 11) is 0. The first kappa shape index (κ1) is 25.2. The summed E-state index contributed by atoms with van der Waals surface area (Å²) in [5.74, 6) is -0.689. The first-order valence-electron chi connectivity index (χ1n) is 11.1. The van der Waals surface area contributed by atoms with Gasteiger partial charge in [0.05, 0.1) is 29.1 Å². The van der Waals surface area contributed by atoms with E-state index >= 15 is 0 Å². The van der Waals surface area contributed by atoms with E-state index in [1.807, 2.05) is 56.3 Å². The molecule has 0 bridgehead atoms.